The molecule has 1 aliphatic carbocycles. The van der Waals surface area contributed by atoms with E-state index in [-0.39, 0.29) is 17.7 Å². The first-order valence-corrected chi connectivity index (χ1v) is 8.70. The fraction of sp³-hybridized carbons (Fsp3) is 0.824. The maximum atomic E-state index is 12.6. The molecule has 5 heteroatoms. The van der Waals surface area contributed by atoms with Crippen LogP contribution in [0.4, 0.5) is 0 Å². The van der Waals surface area contributed by atoms with Gasteiger partial charge < -0.3 is 5.32 Å². The molecular formula is C17H29N3O2. The predicted molar refractivity (Wildman–Crippen MR) is 87.7 cm³/mol. The van der Waals surface area contributed by atoms with Gasteiger partial charge in [-0.1, -0.05) is 26.2 Å². The number of aliphatic imine (C=N–C) groups is 1. The summed E-state index contributed by atoms with van der Waals surface area (Å²) in [4.78, 5) is 31.2. The molecule has 0 aromatic heterocycles. The largest absolute Gasteiger partial charge is 0.353 e. The average Bonchev–Trinajstić information content (AvgIpc) is 3.11. The van der Waals surface area contributed by atoms with Crippen molar-refractivity contribution in [3.8, 4) is 0 Å². The summed E-state index contributed by atoms with van der Waals surface area (Å²) >= 11 is 0. The average molecular weight is 307 g/mol. The maximum Gasteiger partial charge on any atom is 0.257 e. The fourth-order valence-electron chi connectivity index (χ4n) is 3.36. The molecule has 2 rings (SSSR count). The Morgan fingerprint density at radius 1 is 1.36 bits per heavy atom. The molecule has 0 radical (unpaired) electrons. The lowest BCUT2D eigenvalue weighted by Crippen LogP contribution is -2.48. The number of nitrogens with one attached hydrogen (secondary N) is 1. The number of likely N-dealkylation sites (N-methyl/N-ethyl adjacent to an activating group) is 1. The van der Waals surface area contributed by atoms with E-state index in [9.17, 15) is 9.59 Å². The van der Waals surface area contributed by atoms with E-state index in [1.54, 1.807) is 4.90 Å². The van der Waals surface area contributed by atoms with Crippen LogP contribution in [0.25, 0.3) is 0 Å². The Morgan fingerprint density at radius 3 is 2.64 bits per heavy atom. The van der Waals surface area contributed by atoms with Gasteiger partial charge in [-0.2, -0.15) is 0 Å². The lowest BCUT2D eigenvalue weighted by Gasteiger charge is -2.23. The summed E-state index contributed by atoms with van der Waals surface area (Å²) in [7, 11) is 0. The van der Waals surface area contributed by atoms with E-state index in [1.165, 1.54) is 0 Å². The normalized spacial score (nSPS) is 25.7. The number of amides is 2. The minimum absolute atomic E-state index is 0.0211. The smallest absolute Gasteiger partial charge is 0.257 e. The molecule has 0 aromatic carbocycles. The van der Waals surface area contributed by atoms with Gasteiger partial charge in [-0.15, -0.1) is 0 Å². The molecule has 0 saturated heterocycles. The highest BCUT2D eigenvalue weighted by molar-refractivity contribution is 6.08. The molecule has 0 aromatic rings. The molecule has 2 amide bonds. The minimum atomic E-state index is -0.826. The van der Waals surface area contributed by atoms with E-state index in [0.717, 1.165) is 50.8 Å². The number of hydrogen-bond acceptors (Lipinski definition) is 3. The molecule has 1 N–H and O–H groups in total. The summed E-state index contributed by atoms with van der Waals surface area (Å²) in [6.07, 6.45) is 7.18. The van der Waals surface area contributed by atoms with E-state index < -0.39 is 5.54 Å². The maximum absolute atomic E-state index is 12.6. The number of carbonyl (C=O) groups is 2. The van der Waals surface area contributed by atoms with Gasteiger partial charge in [0.1, 0.15) is 5.84 Å². The van der Waals surface area contributed by atoms with Gasteiger partial charge >= 0.3 is 0 Å². The van der Waals surface area contributed by atoms with E-state index in [1.807, 2.05) is 13.8 Å². The van der Waals surface area contributed by atoms with Crippen molar-refractivity contribution in [2.75, 3.05) is 13.1 Å². The van der Waals surface area contributed by atoms with Crippen LogP contribution in [0.3, 0.4) is 0 Å². The van der Waals surface area contributed by atoms with Crippen LogP contribution in [0.2, 0.25) is 0 Å². The molecular weight excluding hydrogens is 278 g/mol. The molecule has 5 nitrogen and oxygen atoms in total. The molecule has 124 valence electrons. The highest BCUT2D eigenvalue weighted by atomic mass is 16.2. The molecule has 1 fully saturated rings. The highest BCUT2D eigenvalue weighted by Gasteiger charge is 2.44. The molecule has 2 aliphatic rings. The van der Waals surface area contributed by atoms with E-state index >= 15 is 0 Å². The van der Waals surface area contributed by atoms with Crippen molar-refractivity contribution < 1.29 is 9.59 Å². The predicted octanol–water partition coefficient (Wildman–Crippen LogP) is 2.50. The Labute approximate surface area is 133 Å². The third kappa shape index (κ3) is 3.50. The first-order valence-electron chi connectivity index (χ1n) is 8.70. The standard InChI is InChI=1S/C17H29N3O2/c1-4-6-11-14-19-17(3,16(22)20(14)5-2)12-18-15(21)13-9-7-8-10-13/h13H,4-12H2,1-3H3,(H,18,21). The topological polar surface area (TPSA) is 61.8 Å². The quantitative estimate of drug-likeness (QED) is 0.785. The Morgan fingerprint density at radius 2 is 2.05 bits per heavy atom. The van der Waals surface area contributed by atoms with Crippen LogP contribution in [0, 0.1) is 5.92 Å². The Balaban J connectivity index is 1.99. The first-order chi connectivity index (χ1) is 10.5. The van der Waals surface area contributed by atoms with Crippen LogP contribution < -0.4 is 5.32 Å². The van der Waals surface area contributed by atoms with Gasteiger partial charge in [-0.05, 0) is 33.1 Å². The van der Waals surface area contributed by atoms with E-state index in [0.29, 0.717) is 13.1 Å². The second-order valence-corrected chi connectivity index (χ2v) is 6.65. The second kappa shape index (κ2) is 7.25. The summed E-state index contributed by atoms with van der Waals surface area (Å²) < 4.78 is 0. The van der Waals surface area contributed by atoms with Gasteiger partial charge in [0.25, 0.3) is 5.91 Å². The van der Waals surface area contributed by atoms with Gasteiger partial charge in [-0.3, -0.25) is 19.5 Å². The first kappa shape index (κ1) is 17.0. The second-order valence-electron chi connectivity index (χ2n) is 6.65. The van der Waals surface area contributed by atoms with Crippen molar-refractivity contribution in [1.82, 2.24) is 10.2 Å². The number of rotatable bonds is 7. The zero-order valence-electron chi connectivity index (χ0n) is 14.2. The van der Waals surface area contributed by atoms with Crippen molar-refractivity contribution in [2.24, 2.45) is 10.9 Å². The summed E-state index contributed by atoms with van der Waals surface area (Å²) in [6, 6.07) is 0. The zero-order chi connectivity index (χ0) is 16.2. The fourth-order valence-corrected chi connectivity index (χ4v) is 3.36. The SMILES string of the molecule is CCCCC1=NC(C)(CNC(=O)C2CCCC2)C(=O)N1CC. The van der Waals surface area contributed by atoms with Crippen LogP contribution in [0.5, 0.6) is 0 Å². The number of hydrogen-bond donors (Lipinski definition) is 1. The van der Waals surface area contributed by atoms with Crippen LogP contribution in [-0.4, -0.2) is 41.2 Å². The molecule has 1 saturated carbocycles. The monoisotopic (exact) mass is 307 g/mol. The van der Waals surface area contributed by atoms with Crippen molar-refractivity contribution >= 4 is 17.6 Å². The highest BCUT2D eigenvalue weighted by Crippen LogP contribution is 2.27. The van der Waals surface area contributed by atoms with Crippen molar-refractivity contribution in [3.05, 3.63) is 0 Å². The number of nitrogens with zero attached hydrogens (tertiary/aromatic N) is 2. The van der Waals surface area contributed by atoms with Gasteiger partial charge in [-0.25, -0.2) is 0 Å². The van der Waals surface area contributed by atoms with Crippen LogP contribution in [0.1, 0.15) is 65.7 Å². The third-order valence-electron chi connectivity index (χ3n) is 4.80. The number of unbranched alkanes of at least 4 members (excludes halogenated alkanes) is 1. The number of carbonyl (C=O) groups excluding carboxylic acids is 2. The summed E-state index contributed by atoms with van der Waals surface area (Å²) in [5.74, 6) is 1.12. The van der Waals surface area contributed by atoms with Crippen LogP contribution >= 0.6 is 0 Å². The Kier molecular flexibility index (Phi) is 5.59. The minimum Gasteiger partial charge on any atom is -0.353 e. The van der Waals surface area contributed by atoms with Gasteiger partial charge in [0.05, 0.1) is 6.54 Å². The van der Waals surface area contributed by atoms with Crippen molar-refractivity contribution in [3.63, 3.8) is 0 Å². The third-order valence-corrected chi connectivity index (χ3v) is 4.80. The molecule has 1 heterocycles. The summed E-state index contributed by atoms with van der Waals surface area (Å²) in [6.45, 7) is 6.91. The lowest BCUT2D eigenvalue weighted by molar-refractivity contribution is -0.131. The van der Waals surface area contributed by atoms with E-state index in [4.69, 9.17) is 0 Å². The molecule has 22 heavy (non-hydrogen) atoms. The molecule has 1 atom stereocenters. The summed E-state index contributed by atoms with van der Waals surface area (Å²) in [5, 5.41) is 2.97. The molecule has 1 unspecified atom stereocenters. The van der Waals surface area contributed by atoms with Crippen LogP contribution in [0.15, 0.2) is 4.99 Å². The molecule has 0 spiro atoms. The molecule has 1 aliphatic heterocycles. The van der Waals surface area contributed by atoms with Gasteiger partial charge in [0.2, 0.25) is 5.91 Å². The van der Waals surface area contributed by atoms with Gasteiger partial charge in [0.15, 0.2) is 5.54 Å². The molecule has 0 bridgehead atoms. The number of amidine groups is 1. The van der Waals surface area contributed by atoms with Crippen molar-refractivity contribution in [2.45, 2.75) is 71.3 Å². The van der Waals surface area contributed by atoms with Crippen molar-refractivity contribution in [1.29, 1.82) is 0 Å². The lowest BCUT2D eigenvalue weighted by atomic mass is 10.0. The Hall–Kier alpha value is -1.39. The Bertz CT molecular complexity index is 455. The summed E-state index contributed by atoms with van der Waals surface area (Å²) in [5.41, 5.74) is -0.826. The van der Waals surface area contributed by atoms with Gasteiger partial charge in [0, 0.05) is 18.9 Å². The van der Waals surface area contributed by atoms with E-state index in [2.05, 4.69) is 17.2 Å². The zero-order valence-corrected chi connectivity index (χ0v) is 14.2. The van der Waals surface area contributed by atoms with Crippen LogP contribution in [-0.2, 0) is 9.59 Å².